The van der Waals surface area contributed by atoms with E-state index in [0.717, 1.165) is 0 Å². The molecule has 0 N–H and O–H groups in total. The van der Waals surface area contributed by atoms with Crippen LogP contribution in [0.4, 0.5) is 0 Å². The third-order valence-electron chi connectivity index (χ3n) is 2.78. The maximum Gasteiger partial charge on any atom is 0.140 e. The van der Waals surface area contributed by atoms with Gasteiger partial charge >= 0.3 is 0 Å². The van der Waals surface area contributed by atoms with Crippen molar-refractivity contribution >= 4 is 63.7 Å². The lowest BCUT2D eigenvalue weighted by molar-refractivity contribution is 0.210. The number of oxime groups is 1. The molecule has 0 aliphatic rings. The molecular formula is C15H10Cl5NO2. The molecule has 0 heterocycles. The normalized spacial score (nSPS) is 11.5. The molecule has 3 nitrogen and oxygen atoms in total. The van der Waals surface area contributed by atoms with E-state index in [1.165, 1.54) is 19.2 Å². The average molecular weight is 414 g/mol. The second-order valence-electron chi connectivity index (χ2n) is 4.33. The molecule has 2 rings (SSSR count). The second kappa shape index (κ2) is 8.32. The van der Waals surface area contributed by atoms with E-state index >= 15 is 0 Å². The average Bonchev–Trinajstić information content (AvgIpc) is 2.48. The van der Waals surface area contributed by atoms with Gasteiger partial charge in [0.15, 0.2) is 0 Å². The molecule has 23 heavy (non-hydrogen) atoms. The Morgan fingerprint density at radius 3 is 2.26 bits per heavy atom. The van der Waals surface area contributed by atoms with Crippen molar-refractivity contribution < 1.29 is 9.57 Å². The van der Waals surface area contributed by atoms with Crippen LogP contribution in [0.15, 0.2) is 35.5 Å². The van der Waals surface area contributed by atoms with Crippen LogP contribution in [0.25, 0.3) is 0 Å². The molecule has 0 aliphatic carbocycles. The molecular weight excluding hydrogens is 403 g/mol. The number of ether oxygens (including phenoxy) is 1. The summed E-state index contributed by atoms with van der Waals surface area (Å²) in [4.78, 5) is 4.84. The van der Waals surface area contributed by atoms with E-state index in [1.807, 2.05) is 0 Å². The number of hydrogen-bond donors (Lipinski definition) is 0. The van der Waals surface area contributed by atoms with Crippen molar-refractivity contribution in [1.82, 2.24) is 0 Å². The molecule has 2 aromatic carbocycles. The zero-order valence-electron chi connectivity index (χ0n) is 11.7. The Bertz CT molecular complexity index is 749. The molecule has 0 radical (unpaired) electrons. The van der Waals surface area contributed by atoms with Gasteiger partial charge in [0.25, 0.3) is 0 Å². The van der Waals surface area contributed by atoms with Crippen LogP contribution in [0.3, 0.4) is 0 Å². The number of benzene rings is 2. The van der Waals surface area contributed by atoms with Gasteiger partial charge in [0, 0.05) is 16.7 Å². The first kappa shape index (κ1) is 18.5. The fourth-order valence-electron chi connectivity index (χ4n) is 1.75. The van der Waals surface area contributed by atoms with E-state index in [-0.39, 0.29) is 6.61 Å². The van der Waals surface area contributed by atoms with E-state index in [0.29, 0.717) is 42.1 Å². The highest BCUT2D eigenvalue weighted by Crippen LogP contribution is 2.34. The maximum atomic E-state index is 6.18. The van der Waals surface area contributed by atoms with E-state index in [2.05, 4.69) is 5.16 Å². The summed E-state index contributed by atoms with van der Waals surface area (Å²) in [5.41, 5.74) is 1.10. The van der Waals surface area contributed by atoms with Gasteiger partial charge in [-0.1, -0.05) is 63.2 Å². The predicted molar refractivity (Wildman–Crippen MR) is 97.0 cm³/mol. The van der Waals surface area contributed by atoms with Crippen LogP contribution >= 0.6 is 58.0 Å². The van der Waals surface area contributed by atoms with Crippen LogP contribution in [0.1, 0.15) is 5.56 Å². The molecule has 0 aromatic heterocycles. The van der Waals surface area contributed by atoms with Crippen LogP contribution in [-0.4, -0.2) is 19.4 Å². The van der Waals surface area contributed by atoms with Crippen LogP contribution in [0.5, 0.6) is 5.75 Å². The van der Waals surface area contributed by atoms with E-state index < -0.39 is 0 Å². The van der Waals surface area contributed by atoms with Crippen molar-refractivity contribution in [2.24, 2.45) is 5.16 Å². The molecule has 0 atom stereocenters. The highest BCUT2D eigenvalue weighted by Gasteiger charge is 2.13. The summed E-state index contributed by atoms with van der Waals surface area (Å²) in [6.07, 6.45) is 0. The van der Waals surface area contributed by atoms with Crippen LogP contribution in [0, 0.1) is 0 Å². The zero-order valence-corrected chi connectivity index (χ0v) is 15.5. The summed E-state index contributed by atoms with van der Waals surface area (Å²) in [5, 5.41) is 5.89. The standard InChI is InChI=1S/C15H10Cl5NO2/c1-22-21-14(9-3-2-8(16)4-10(9)17)7-23-15-6-12(19)11(18)5-13(15)20/h2-6H,7H2,1H3/b21-14-. The van der Waals surface area contributed by atoms with Gasteiger partial charge in [0.2, 0.25) is 0 Å². The fourth-order valence-corrected chi connectivity index (χ4v) is 2.86. The summed E-state index contributed by atoms with van der Waals surface area (Å²) in [5.74, 6) is 0.370. The Hall–Kier alpha value is -0.840. The molecule has 0 spiro atoms. The first-order valence-electron chi connectivity index (χ1n) is 6.25. The van der Waals surface area contributed by atoms with Gasteiger partial charge in [-0.15, -0.1) is 0 Å². The topological polar surface area (TPSA) is 30.8 Å². The van der Waals surface area contributed by atoms with Crippen molar-refractivity contribution in [2.45, 2.75) is 0 Å². The Morgan fingerprint density at radius 1 is 0.913 bits per heavy atom. The van der Waals surface area contributed by atoms with E-state index in [1.54, 1.807) is 18.2 Å². The summed E-state index contributed by atoms with van der Waals surface area (Å²) in [6.45, 7) is 0.0624. The van der Waals surface area contributed by atoms with Gasteiger partial charge < -0.3 is 9.57 Å². The monoisotopic (exact) mass is 411 g/mol. The molecule has 8 heteroatoms. The minimum absolute atomic E-state index is 0.0624. The summed E-state index contributed by atoms with van der Waals surface area (Å²) < 4.78 is 5.65. The lowest BCUT2D eigenvalue weighted by Gasteiger charge is -2.12. The van der Waals surface area contributed by atoms with Gasteiger partial charge in [-0.3, -0.25) is 0 Å². The second-order valence-corrected chi connectivity index (χ2v) is 6.40. The summed E-state index contributed by atoms with van der Waals surface area (Å²) in [6, 6.07) is 8.06. The molecule has 0 saturated carbocycles. The minimum Gasteiger partial charge on any atom is -0.486 e. The Kier molecular flexibility index (Phi) is 6.69. The summed E-state index contributed by atoms with van der Waals surface area (Å²) in [7, 11) is 1.43. The van der Waals surface area contributed by atoms with Crippen molar-refractivity contribution in [3.63, 3.8) is 0 Å². The highest BCUT2D eigenvalue weighted by molar-refractivity contribution is 6.43. The molecule has 0 fully saturated rings. The molecule has 122 valence electrons. The van der Waals surface area contributed by atoms with E-state index in [4.69, 9.17) is 67.6 Å². The quantitative estimate of drug-likeness (QED) is 0.323. The van der Waals surface area contributed by atoms with Crippen LogP contribution in [-0.2, 0) is 4.84 Å². The number of hydrogen-bond acceptors (Lipinski definition) is 3. The van der Waals surface area contributed by atoms with Crippen molar-refractivity contribution in [2.75, 3.05) is 13.7 Å². The molecule has 0 amide bonds. The molecule has 0 aliphatic heterocycles. The fraction of sp³-hybridized carbons (Fsp3) is 0.133. The van der Waals surface area contributed by atoms with Crippen LogP contribution in [0.2, 0.25) is 25.1 Å². The molecule has 0 bridgehead atoms. The zero-order chi connectivity index (χ0) is 17.0. The van der Waals surface area contributed by atoms with Crippen molar-refractivity contribution in [1.29, 1.82) is 0 Å². The SMILES string of the molecule is CO/N=C(/COc1cc(Cl)c(Cl)cc1Cl)c1ccc(Cl)cc1Cl. The number of halogens is 5. The summed E-state index contributed by atoms with van der Waals surface area (Å²) >= 11 is 30.0. The first-order valence-corrected chi connectivity index (χ1v) is 8.14. The van der Waals surface area contributed by atoms with E-state index in [9.17, 15) is 0 Å². The predicted octanol–water partition coefficient (Wildman–Crippen LogP) is 6.38. The highest BCUT2D eigenvalue weighted by atomic mass is 35.5. The molecule has 2 aromatic rings. The van der Waals surface area contributed by atoms with Crippen LogP contribution < -0.4 is 4.74 Å². The van der Waals surface area contributed by atoms with Gasteiger partial charge in [-0.25, -0.2) is 0 Å². The Morgan fingerprint density at radius 2 is 1.61 bits per heavy atom. The molecule has 0 saturated heterocycles. The molecule has 0 unspecified atom stereocenters. The minimum atomic E-state index is 0.0624. The van der Waals surface area contributed by atoms with Gasteiger partial charge in [-0.05, 0) is 24.3 Å². The number of rotatable bonds is 5. The largest absolute Gasteiger partial charge is 0.486 e. The Labute approximate surface area is 158 Å². The smallest absolute Gasteiger partial charge is 0.140 e. The van der Waals surface area contributed by atoms with Crippen molar-refractivity contribution in [3.05, 3.63) is 61.0 Å². The van der Waals surface area contributed by atoms with Crippen molar-refractivity contribution in [3.8, 4) is 5.75 Å². The van der Waals surface area contributed by atoms with Gasteiger partial charge in [0.05, 0.1) is 20.1 Å². The third kappa shape index (κ3) is 4.82. The first-order chi connectivity index (χ1) is 10.9. The lowest BCUT2D eigenvalue weighted by atomic mass is 10.1. The third-order valence-corrected chi connectivity index (χ3v) is 4.35. The lowest BCUT2D eigenvalue weighted by Crippen LogP contribution is -2.14. The maximum absolute atomic E-state index is 6.18. The van der Waals surface area contributed by atoms with Gasteiger partial charge in [-0.2, -0.15) is 0 Å². The Balaban J connectivity index is 2.25. The number of nitrogens with zero attached hydrogens (tertiary/aromatic N) is 1. The van der Waals surface area contributed by atoms with Gasteiger partial charge in [0.1, 0.15) is 25.2 Å².